The molecule has 2 aliphatic heterocycles. The van der Waals surface area contributed by atoms with Gasteiger partial charge in [0, 0.05) is 32.2 Å². The van der Waals surface area contributed by atoms with Crippen LogP contribution in [0, 0.1) is 5.92 Å². The Balaban J connectivity index is 1.66. The van der Waals surface area contributed by atoms with Crippen molar-refractivity contribution in [1.82, 2.24) is 19.8 Å². The molecule has 0 aliphatic carbocycles. The maximum atomic E-state index is 12.5. The lowest BCUT2D eigenvalue weighted by molar-refractivity contribution is 0.0119. The Morgan fingerprint density at radius 1 is 1.27 bits per heavy atom. The van der Waals surface area contributed by atoms with Crippen LogP contribution in [-0.2, 0) is 4.74 Å². The molecule has 0 bridgehead atoms. The molecule has 0 saturated carbocycles. The average Bonchev–Trinajstić information content (AvgIpc) is 2.97. The van der Waals surface area contributed by atoms with Crippen LogP contribution >= 0.6 is 0 Å². The molecule has 3 rings (SSSR count). The summed E-state index contributed by atoms with van der Waals surface area (Å²) in [5.74, 6) is 1.12. The summed E-state index contributed by atoms with van der Waals surface area (Å²) in [6.45, 7) is 7.11. The van der Waals surface area contributed by atoms with E-state index < -0.39 is 0 Å². The Morgan fingerprint density at radius 2 is 1.95 bits per heavy atom. The van der Waals surface area contributed by atoms with Crippen LogP contribution in [0.25, 0.3) is 0 Å². The summed E-state index contributed by atoms with van der Waals surface area (Å²) in [6, 6.07) is 0.395. The van der Waals surface area contributed by atoms with Gasteiger partial charge in [0.2, 0.25) is 5.82 Å². The SMILES string of the molecule is COc1cnc(C(=O)N2CC(C)C(N3CCOCC3)C2)nc1. The normalized spacial score (nSPS) is 26.2. The Hall–Kier alpha value is -1.73. The molecule has 7 heteroatoms. The molecule has 2 aliphatic rings. The van der Waals surface area contributed by atoms with E-state index in [4.69, 9.17) is 9.47 Å². The fourth-order valence-electron chi connectivity index (χ4n) is 3.17. The van der Waals surface area contributed by atoms with Gasteiger partial charge in [-0.2, -0.15) is 0 Å². The van der Waals surface area contributed by atoms with Crippen LogP contribution in [0.5, 0.6) is 5.75 Å². The number of carbonyl (C=O) groups excluding carboxylic acids is 1. The van der Waals surface area contributed by atoms with E-state index in [0.29, 0.717) is 17.7 Å². The third-order valence-corrected chi connectivity index (χ3v) is 4.43. The number of morpholine rings is 1. The fraction of sp³-hybridized carbons (Fsp3) is 0.667. The lowest BCUT2D eigenvalue weighted by Crippen LogP contribution is -2.47. The number of ether oxygens (including phenoxy) is 2. The van der Waals surface area contributed by atoms with E-state index in [1.807, 2.05) is 4.90 Å². The quantitative estimate of drug-likeness (QED) is 0.799. The van der Waals surface area contributed by atoms with Crippen molar-refractivity contribution < 1.29 is 14.3 Å². The van der Waals surface area contributed by atoms with E-state index in [-0.39, 0.29) is 11.7 Å². The van der Waals surface area contributed by atoms with E-state index in [1.54, 1.807) is 7.11 Å². The number of hydrogen-bond acceptors (Lipinski definition) is 6. The zero-order chi connectivity index (χ0) is 15.5. The van der Waals surface area contributed by atoms with Crippen LogP contribution < -0.4 is 4.74 Å². The first-order valence-electron chi connectivity index (χ1n) is 7.66. The van der Waals surface area contributed by atoms with Crippen molar-refractivity contribution in [1.29, 1.82) is 0 Å². The first-order chi connectivity index (χ1) is 10.7. The lowest BCUT2D eigenvalue weighted by Gasteiger charge is -2.33. The van der Waals surface area contributed by atoms with Crippen LogP contribution in [-0.4, -0.2) is 78.2 Å². The van der Waals surface area contributed by atoms with Crippen molar-refractivity contribution in [3.05, 3.63) is 18.2 Å². The molecule has 22 heavy (non-hydrogen) atoms. The number of hydrogen-bond donors (Lipinski definition) is 0. The minimum Gasteiger partial charge on any atom is -0.494 e. The molecule has 3 heterocycles. The first-order valence-corrected chi connectivity index (χ1v) is 7.66. The number of nitrogens with zero attached hydrogens (tertiary/aromatic N) is 4. The second kappa shape index (κ2) is 6.58. The van der Waals surface area contributed by atoms with E-state index >= 15 is 0 Å². The zero-order valence-corrected chi connectivity index (χ0v) is 13.1. The second-order valence-corrected chi connectivity index (χ2v) is 5.85. The number of amides is 1. The van der Waals surface area contributed by atoms with E-state index in [1.165, 1.54) is 12.4 Å². The molecule has 1 aromatic heterocycles. The highest BCUT2D eigenvalue weighted by Gasteiger charge is 2.37. The van der Waals surface area contributed by atoms with Gasteiger partial charge in [-0.1, -0.05) is 6.92 Å². The van der Waals surface area contributed by atoms with Gasteiger partial charge in [-0.15, -0.1) is 0 Å². The summed E-state index contributed by atoms with van der Waals surface area (Å²) >= 11 is 0. The maximum absolute atomic E-state index is 12.5. The molecular formula is C15H22N4O3. The number of rotatable bonds is 3. The Morgan fingerprint density at radius 3 is 2.59 bits per heavy atom. The Bertz CT molecular complexity index is 516. The highest BCUT2D eigenvalue weighted by Crippen LogP contribution is 2.23. The second-order valence-electron chi connectivity index (χ2n) is 5.85. The van der Waals surface area contributed by atoms with Crippen LogP contribution in [0.1, 0.15) is 17.5 Å². The largest absolute Gasteiger partial charge is 0.494 e. The van der Waals surface area contributed by atoms with Crippen LogP contribution in [0.2, 0.25) is 0 Å². The van der Waals surface area contributed by atoms with Crippen molar-refractivity contribution in [2.45, 2.75) is 13.0 Å². The molecule has 2 saturated heterocycles. The number of likely N-dealkylation sites (tertiary alicyclic amines) is 1. The van der Waals surface area contributed by atoms with Gasteiger partial charge < -0.3 is 14.4 Å². The molecule has 7 nitrogen and oxygen atoms in total. The number of carbonyl (C=O) groups is 1. The Labute approximate surface area is 130 Å². The zero-order valence-electron chi connectivity index (χ0n) is 13.1. The van der Waals surface area contributed by atoms with E-state index in [0.717, 1.165) is 39.4 Å². The van der Waals surface area contributed by atoms with Gasteiger partial charge in [-0.05, 0) is 5.92 Å². The van der Waals surface area contributed by atoms with Gasteiger partial charge in [0.1, 0.15) is 0 Å². The molecule has 2 atom stereocenters. The third-order valence-electron chi connectivity index (χ3n) is 4.43. The van der Waals surface area contributed by atoms with Crippen LogP contribution in [0.4, 0.5) is 0 Å². The predicted octanol–water partition coefficient (Wildman–Crippen LogP) is 0.278. The maximum Gasteiger partial charge on any atom is 0.291 e. The molecular weight excluding hydrogens is 284 g/mol. The third kappa shape index (κ3) is 3.05. The van der Waals surface area contributed by atoms with Crippen LogP contribution in [0.3, 0.4) is 0 Å². The highest BCUT2D eigenvalue weighted by atomic mass is 16.5. The molecule has 0 aromatic carbocycles. The topological polar surface area (TPSA) is 67.8 Å². The highest BCUT2D eigenvalue weighted by molar-refractivity contribution is 5.90. The predicted molar refractivity (Wildman–Crippen MR) is 79.8 cm³/mol. The summed E-state index contributed by atoms with van der Waals surface area (Å²) in [5.41, 5.74) is 0. The van der Waals surface area contributed by atoms with Crippen molar-refractivity contribution in [3.8, 4) is 5.75 Å². The summed E-state index contributed by atoms with van der Waals surface area (Å²) in [6.07, 6.45) is 3.05. The number of methoxy groups -OCH3 is 1. The Kier molecular flexibility index (Phi) is 4.54. The molecule has 2 unspecified atom stereocenters. The smallest absolute Gasteiger partial charge is 0.291 e. The summed E-state index contributed by atoms with van der Waals surface area (Å²) in [5, 5.41) is 0. The molecule has 120 valence electrons. The minimum absolute atomic E-state index is 0.106. The van der Waals surface area contributed by atoms with Gasteiger partial charge in [0.05, 0.1) is 32.7 Å². The van der Waals surface area contributed by atoms with Gasteiger partial charge in [-0.3, -0.25) is 9.69 Å². The van der Waals surface area contributed by atoms with E-state index in [2.05, 4.69) is 21.8 Å². The van der Waals surface area contributed by atoms with Gasteiger partial charge >= 0.3 is 0 Å². The minimum atomic E-state index is -0.106. The molecule has 0 N–H and O–H groups in total. The molecule has 1 amide bonds. The van der Waals surface area contributed by atoms with Crippen molar-refractivity contribution >= 4 is 5.91 Å². The molecule has 0 radical (unpaired) electrons. The summed E-state index contributed by atoms with van der Waals surface area (Å²) in [4.78, 5) is 25.0. The standard InChI is InChI=1S/C15H22N4O3/c1-11-9-19(10-13(11)18-3-5-22-6-4-18)15(20)14-16-7-12(21-2)8-17-14/h7-8,11,13H,3-6,9-10H2,1-2H3. The molecule has 0 spiro atoms. The van der Waals surface area contributed by atoms with Gasteiger partial charge in [0.25, 0.3) is 5.91 Å². The van der Waals surface area contributed by atoms with Gasteiger partial charge in [-0.25, -0.2) is 9.97 Å². The molecule has 2 fully saturated rings. The van der Waals surface area contributed by atoms with E-state index in [9.17, 15) is 4.79 Å². The summed E-state index contributed by atoms with van der Waals surface area (Å²) in [7, 11) is 1.55. The first kappa shape index (κ1) is 15.2. The number of aromatic nitrogens is 2. The lowest BCUT2D eigenvalue weighted by atomic mass is 10.0. The van der Waals surface area contributed by atoms with Crippen molar-refractivity contribution in [3.63, 3.8) is 0 Å². The molecule has 1 aromatic rings. The summed E-state index contributed by atoms with van der Waals surface area (Å²) < 4.78 is 10.4. The fourth-order valence-corrected chi connectivity index (χ4v) is 3.17. The van der Waals surface area contributed by atoms with Crippen LogP contribution in [0.15, 0.2) is 12.4 Å². The van der Waals surface area contributed by atoms with Gasteiger partial charge in [0.15, 0.2) is 5.75 Å². The average molecular weight is 306 g/mol. The van der Waals surface area contributed by atoms with Crippen molar-refractivity contribution in [2.75, 3.05) is 46.5 Å². The van der Waals surface area contributed by atoms with Crippen molar-refractivity contribution in [2.24, 2.45) is 5.92 Å². The monoisotopic (exact) mass is 306 g/mol.